The van der Waals surface area contributed by atoms with Crippen LogP contribution in [-0.2, 0) is 16.1 Å². The van der Waals surface area contributed by atoms with Gasteiger partial charge in [0.1, 0.15) is 5.52 Å². The largest absolute Gasteiger partial charge is 0.455 e. The number of carbonyl (C=O) groups excluding carboxylic acids is 1. The van der Waals surface area contributed by atoms with Crippen molar-refractivity contribution >= 4 is 28.8 Å². The van der Waals surface area contributed by atoms with Crippen molar-refractivity contribution in [3.63, 3.8) is 0 Å². The van der Waals surface area contributed by atoms with Gasteiger partial charge in [-0.2, -0.15) is 0 Å². The predicted molar refractivity (Wildman–Crippen MR) is 90.4 cm³/mol. The molecule has 0 atom stereocenters. The van der Waals surface area contributed by atoms with Crippen molar-refractivity contribution < 1.29 is 13.9 Å². The smallest absolute Gasteiger partial charge is 0.316 e. The zero-order chi connectivity index (χ0) is 16.2. The molecule has 0 unspecified atom stereocenters. The molecule has 0 radical (unpaired) electrons. The minimum absolute atomic E-state index is 0.0565. The van der Waals surface area contributed by atoms with Gasteiger partial charge in [-0.15, -0.1) is 11.8 Å². The van der Waals surface area contributed by atoms with E-state index in [9.17, 15) is 4.79 Å². The summed E-state index contributed by atoms with van der Waals surface area (Å²) >= 11 is 1.48. The van der Waals surface area contributed by atoms with Gasteiger partial charge in [0.15, 0.2) is 12.2 Å². The van der Waals surface area contributed by atoms with E-state index < -0.39 is 0 Å². The van der Waals surface area contributed by atoms with Crippen LogP contribution in [0.5, 0.6) is 0 Å². The third-order valence-electron chi connectivity index (χ3n) is 3.37. The van der Waals surface area contributed by atoms with Gasteiger partial charge in [-0.05, 0) is 37.6 Å². The number of rotatable bonds is 5. The topological polar surface area (TPSA) is 52.3 Å². The maximum absolute atomic E-state index is 11.9. The van der Waals surface area contributed by atoms with E-state index in [1.807, 2.05) is 43.3 Å². The molecule has 3 rings (SSSR count). The van der Waals surface area contributed by atoms with Gasteiger partial charge in [0, 0.05) is 4.90 Å². The van der Waals surface area contributed by atoms with Crippen molar-refractivity contribution in [1.29, 1.82) is 0 Å². The Morgan fingerprint density at radius 2 is 2.04 bits per heavy atom. The molecule has 0 N–H and O–H groups in total. The highest BCUT2D eigenvalue weighted by atomic mass is 32.2. The minimum atomic E-state index is -0.280. The zero-order valence-corrected chi connectivity index (χ0v) is 13.9. The predicted octanol–water partition coefficient (Wildman–Crippen LogP) is 4.28. The van der Waals surface area contributed by atoms with Crippen LogP contribution in [0.25, 0.3) is 11.1 Å². The van der Waals surface area contributed by atoms with E-state index in [2.05, 4.69) is 18.0 Å². The summed E-state index contributed by atoms with van der Waals surface area (Å²) in [6, 6.07) is 13.6. The maximum atomic E-state index is 11.9. The molecular formula is C18H17NO3S. The lowest BCUT2D eigenvalue weighted by molar-refractivity contribution is -0.142. The van der Waals surface area contributed by atoms with Gasteiger partial charge in [0.2, 0.25) is 5.89 Å². The summed E-state index contributed by atoms with van der Waals surface area (Å²) in [5.74, 6) is 0.401. The van der Waals surface area contributed by atoms with Gasteiger partial charge in [-0.3, -0.25) is 4.79 Å². The number of hydrogen-bond donors (Lipinski definition) is 0. The Balaban J connectivity index is 1.53. The first-order valence-electron chi connectivity index (χ1n) is 7.32. The van der Waals surface area contributed by atoms with Gasteiger partial charge < -0.3 is 9.15 Å². The molecule has 0 saturated heterocycles. The number of para-hydroxylation sites is 2. The Bertz CT molecular complexity index is 808. The summed E-state index contributed by atoms with van der Waals surface area (Å²) in [5, 5.41) is 0. The highest BCUT2D eigenvalue weighted by Crippen LogP contribution is 2.23. The van der Waals surface area contributed by atoms with Crippen LogP contribution >= 0.6 is 11.8 Å². The lowest BCUT2D eigenvalue weighted by Gasteiger charge is -2.06. The number of oxazole rings is 1. The number of benzene rings is 2. The van der Waals surface area contributed by atoms with Crippen molar-refractivity contribution in [2.45, 2.75) is 25.3 Å². The van der Waals surface area contributed by atoms with Crippen molar-refractivity contribution in [2.24, 2.45) is 0 Å². The molecule has 0 fully saturated rings. The van der Waals surface area contributed by atoms with Gasteiger partial charge in [-0.25, -0.2) is 4.98 Å². The van der Waals surface area contributed by atoms with E-state index in [0.717, 1.165) is 10.4 Å². The van der Waals surface area contributed by atoms with E-state index in [4.69, 9.17) is 9.15 Å². The fraction of sp³-hybridized carbons (Fsp3) is 0.222. The molecule has 0 spiro atoms. The molecule has 0 amide bonds. The second-order valence-electron chi connectivity index (χ2n) is 5.29. The van der Waals surface area contributed by atoms with Crippen molar-refractivity contribution in [1.82, 2.24) is 4.98 Å². The standard InChI is InChI=1S/C18H17NO3S/c1-12-7-8-16(13(2)9-12)23-11-18(20)21-10-17-19-14-5-3-4-6-15(14)22-17/h3-9H,10-11H2,1-2H3. The van der Waals surface area contributed by atoms with E-state index in [1.165, 1.54) is 22.9 Å². The monoisotopic (exact) mass is 327 g/mol. The highest BCUT2D eigenvalue weighted by Gasteiger charge is 2.10. The summed E-state index contributed by atoms with van der Waals surface area (Å²) in [7, 11) is 0. The molecule has 3 aromatic rings. The fourth-order valence-corrected chi connectivity index (χ4v) is 3.07. The first kappa shape index (κ1) is 15.6. The van der Waals surface area contributed by atoms with Crippen LogP contribution in [0.1, 0.15) is 17.0 Å². The molecule has 118 valence electrons. The quantitative estimate of drug-likeness (QED) is 0.517. The molecule has 5 heteroatoms. The molecule has 0 aliphatic heterocycles. The molecular weight excluding hydrogens is 310 g/mol. The average molecular weight is 327 g/mol. The van der Waals surface area contributed by atoms with E-state index in [-0.39, 0.29) is 18.3 Å². The first-order valence-corrected chi connectivity index (χ1v) is 8.30. The van der Waals surface area contributed by atoms with Gasteiger partial charge >= 0.3 is 5.97 Å². The van der Waals surface area contributed by atoms with Crippen LogP contribution in [0.4, 0.5) is 0 Å². The fourth-order valence-electron chi connectivity index (χ4n) is 2.26. The number of ether oxygens (including phenoxy) is 1. The number of nitrogens with zero attached hydrogens (tertiary/aromatic N) is 1. The Morgan fingerprint density at radius 1 is 1.22 bits per heavy atom. The van der Waals surface area contributed by atoms with E-state index in [1.54, 1.807) is 0 Å². The molecule has 2 aromatic carbocycles. The van der Waals surface area contributed by atoms with E-state index >= 15 is 0 Å². The minimum Gasteiger partial charge on any atom is -0.455 e. The van der Waals surface area contributed by atoms with Crippen molar-refractivity contribution in [2.75, 3.05) is 5.75 Å². The molecule has 0 bridgehead atoms. The normalized spacial score (nSPS) is 10.9. The number of carbonyl (C=O) groups is 1. The number of thioether (sulfide) groups is 1. The second-order valence-corrected chi connectivity index (χ2v) is 6.31. The van der Waals surface area contributed by atoms with Gasteiger partial charge in [-0.1, -0.05) is 29.8 Å². The lowest BCUT2D eigenvalue weighted by Crippen LogP contribution is -2.07. The molecule has 1 heterocycles. The second kappa shape index (κ2) is 6.87. The third kappa shape index (κ3) is 3.93. The zero-order valence-electron chi connectivity index (χ0n) is 13.0. The van der Waals surface area contributed by atoms with Crippen LogP contribution < -0.4 is 0 Å². The molecule has 0 aliphatic rings. The first-order chi connectivity index (χ1) is 11.1. The summed E-state index contributed by atoms with van der Waals surface area (Å²) in [5.41, 5.74) is 3.85. The van der Waals surface area contributed by atoms with Gasteiger partial charge in [0.25, 0.3) is 0 Å². The lowest BCUT2D eigenvalue weighted by atomic mass is 10.2. The van der Waals surface area contributed by atoms with Crippen LogP contribution in [0.2, 0.25) is 0 Å². The molecule has 0 saturated carbocycles. The average Bonchev–Trinajstić information content (AvgIpc) is 2.95. The van der Waals surface area contributed by atoms with Crippen molar-refractivity contribution in [3.05, 3.63) is 59.5 Å². The molecule has 0 aliphatic carbocycles. The van der Waals surface area contributed by atoms with Crippen LogP contribution in [0.15, 0.2) is 51.8 Å². The van der Waals surface area contributed by atoms with Gasteiger partial charge in [0.05, 0.1) is 5.75 Å². The number of fused-ring (bicyclic) bond motifs is 1. The van der Waals surface area contributed by atoms with Crippen LogP contribution in [0.3, 0.4) is 0 Å². The Morgan fingerprint density at radius 3 is 2.83 bits per heavy atom. The Hall–Kier alpha value is -2.27. The number of esters is 1. The molecule has 1 aromatic heterocycles. The Labute approximate surface area is 138 Å². The summed E-state index contributed by atoms with van der Waals surface area (Å²) in [6.07, 6.45) is 0. The third-order valence-corrected chi connectivity index (χ3v) is 4.52. The van der Waals surface area contributed by atoms with Crippen LogP contribution in [0, 0.1) is 13.8 Å². The Kier molecular flexibility index (Phi) is 4.67. The summed E-state index contributed by atoms with van der Waals surface area (Å²) in [6.45, 7) is 4.15. The molecule has 23 heavy (non-hydrogen) atoms. The van der Waals surface area contributed by atoms with Crippen LogP contribution in [-0.4, -0.2) is 16.7 Å². The highest BCUT2D eigenvalue weighted by molar-refractivity contribution is 8.00. The number of aromatic nitrogens is 1. The summed E-state index contributed by atoms with van der Waals surface area (Å²) < 4.78 is 10.7. The molecule has 4 nitrogen and oxygen atoms in total. The SMILES string of the molecule is Cc1ccc(SCC(=O)OCc2nc3ccccc3o2)c(C)c1. The summed E-state index contributed by atoms with van der Waals surface area (Å²) in [4.78, 5) is 17.2. The van der Waals surface area contributed by atoms with Crippen molar-refractivity contribution in [3.8, 4) is 0 Å². The number of aryl methyl sites for hydroxylation is 2. The number of hydrogen-bond acceptors (Lipinski definition) is 5. The maximum Gasteiger partial charge on any atom is 0.316 e. The van der Waals surface area contributed by atoms with E-state index in [0.29, 0.717) is 11.5 Å².